The number of hydrogen-bond donors (Lipinski definition) is 2. The number of hydrogen-bond acceptors (Lipinski definition) is 4. The molecule has 2 N–H and O–H groups in total. The summed E-state index contributed by atoms with van der Waals surface area (Å²) in [7, 11) is 0. The second kappa shape index (κ2) is 4.56. The van der Waals surface area contributed by atoms with Crippen LogP contribution < -0.4 is 5.32 Å². The molecule has 0 aliphatic rings. The van der Waals surface area contributed by atoms with Gasteiger partial charge >= 0.3 is 0 Å². The number of aryl methyl sites for hydroxylation is 1. The summed E-state index contributed by atoms with van der Waals surface area (Å²) in [6, 6.07) is 0. The van der Waals surface area contributed by atoms with E-state index in [9.17, 15) is 4.79 Å². The summed E-state index contributed by atoms with van der Waals surface area (Å²) in [5.41, 5.74) is 1.94. The highest BCUT2D eigenvalue weighted by Crippen LogP contribution is 2.00. The van der Waals surface area contributed by atoms with Crippen LogP contribution in [-0.2, 0) is 17.9 Å². The second-order valence-corrected chi connectivity index (χ2v) is 3.39. The summed E-state index contributed by atoms with van der Waals surface area (Å²) >= 11 is 0. The Morgan fingerprint density at radius 3 is 3.12 bits per heavy atom. The van der Waals surface area contributed by atoms with Gasteiger partial charge in [-0.05, 0) is 6.92 Å². The van der Waals surface area contributed by atoms with Crippen molar-refractivity contribution in [2.45, 2.75) is 20.0 Å². The van der Waals surface area contributed by atoms with Crippen LogP contribution in [0.15, 0.2) is 18.9 Å². The van der Waals surface area contributed by atoms with Crippen LogP contribution in [-0.4, -0.2) is 30.9 Å². The van der Waals surface area contributed by atoms with Gasteiger partial charge < -0.3 is 5.32 Å². The fourth-order valence-corrected chi connectivity index (χ4v) is 1.27. The third-order valence-corrected chi connectivity index (χ3v) is 2.18. The number of H-pyrrole nitrogens is 1. The normalized spacial score (nSPS) is 10.3. The summed E-state index contributed by atoms with van der Waals surface area (Å²) in [6.45, 7) is 2.55. The number of rotatable bonds is 4. The van der Waals surface area contributed by atoms with Crippen LogP contribution in [0.1, 0.15) is 11.3 Å². The van der Waals surface area contributed by atoms with Crippen molar-refractivity contribution in [3.63, 3.8) is 0 Å². The van der Waals surface area contributed by atoms with Crippen molar-refractivity contribution in [3.8, 4) is 0 Å². The fourth-order valence-electron chi connectivity index (χ4n) is 1.27. The lowest BCUT2D eigenvalue weighted by atomic mass is 10.2. The van der Waals surface area contributed by atoms with Crippen LogP contribution in [0.5, 0.6) is 0 Å². The first-order valence-electron chi connectivity index (χ1n) is 4.83. The maximum absolute atomic E-state index is 11.5. The van der Waals surface area contributed by atoms with Gasteiger partial charge in [-0.2, -0.15) is 10.2 Å². The molecule has 1 amide bonds. The maximum Gasteiger partial charge on any atom is 0.242 e. The number of amides is 1. The van der Waals surface area contributed by atoms with E-state index in [1.807, 2.05) is 6.92 Å². The van der Waals surface area contributed by atoms with Gasteiger partial charge in [0.25, 0.3) is 0 Å². The lowest BCUT2D eigenvalue weighted by Crippen LogP contribution is -2.27. The summed E-state index contributed by atoms with van der Waals surface area (Å²) in [5.74, 6) is -0.105. The van der Waals surface area contributed by atoms with Crippen molar-refractivity contribution in [1.82, 2.24) is 30.3 Å². The van der Waals surface area contributed by atoms with Crippen molar-refractivity contribution < 1.29 is 4.79 Å². The summed E-state index contributed by atoms with van der Waals surface area (Å²) in [6.07, 6.45) is 4.60. The Kier molecular flexibility index (Phi) is 2.95. The van der Waals surface area contributed by atoms with Gasteiger partial charge in [0.2, 0.25) is 5.91 Å². The van der Waals surface area contributed by atoms with Crippen LogP contribution in [0.3, 0.4) is 0 Å². The van der Waals surface area contributed by atoms with Gasteiger partial charge in [-0.25, -0.2) is 9.67 Å². The van der Waals surface area contributed by atoms with Crippen molar-refractivity contribution in [1.29, 1.82) is 0 Å². The topological polar surface area (TPSA) is 88.5 Å². The molecule has 2 rings (SSSR count). The number of aromatic nitrogens is 5. The molecule has 16 heavy (non-hydrogen) atoms. The van der Waals surface area contributed by atoms with E-state index in [2.05, 4.69) is 25.6 Å². The summed E-state index contributed by atoms with van der Waals surface area (Å²) < 4.78 is 1.47. The molecular formula is C9H12N6O. The van der Waals surface area contributed by atoms with Gasteiger partial charge in [0.1, 0.15) is 19.2 Å². The van der Waals surface area contributed by atoms with Crippen LogP contribution in [0.4, 0.5) is 0 Å². The molecule has 2 heterocycles. The van der Waals surface area contributed by atoms with Gasteiger partial charge in [0.05, 0.1) is 6.20 Å². The average molecular weight is 220 g/mol. The van der Waals surface area contributed by atoms with Crippen molar-refractivity contribution >= 4 is 5.91 Å². The van der Waals surface area contributed by atoms with Crippen molar-refractivity contribution in [2.24, 2.45) is 0 Å². The third kappa shape index (κ3) is 2.44. The molecule has 0 spiro atoms. The van der Waals surface area contributed by atoms with Crippen LogP contribution in [0.25, 0.3) is 0 Å². The second-order valence-electron chi connectivity index (χ2n) is 3.39. The predicted octanol–water partition coefficient (Wildman–Crippen LogP) is -0.374. The average Bonchev–Trinajstić information content (AvgIpc) is 2.87. The molecule has 0 saturated carbocycles. The molecule has 2 aromatic heterocycles. The van der Waals surface area contributed by atoms with E-state index in [0.29, 0.717) is 6.54 Å². The first-order valence-corrected chi connectivity index (χ1v) is 4.83. The Labute approximate surface area is 91.9 Å². The number of nitrogens with one attached hydrogen (secondary N) is 2. The van der Waals surface area contributed by atoms with E-state index < -0.39 is 0 Å². The van der Waals surface area contributed by atoms with Crippen LogP contribution in [0.2, 0.25) is 0 Å². The number of carbonyl (C=O) groups is 1. The molecule has 0 aromatic carbocycles. The maximum atomic E-state index is 11.5. The van der Waals surface area contributed by atoms with Crippen molar-refractivity contribution in [2.75, 3.05) is 0 Å². The number of carbonyl (C=O) groups excluding carboxylic acids is 1. The van der Waals surface area contributed by atoms with E-state index in [1.54, 1.807) is 6.20 Å². The third-order valence-electron chi connectivity index (χ3n) is 2.18. The molecule has 0 bridgehead atoms. The molecule has 0 unspecified atom stereocenters. The molecule has 0 fully saturated rings. The molecule has 0 aliphatic heterocycles. The molecule has 0 radical (unpaired) electrons. The Morgan fingerprint density at radius 2 is 2.50 bits per heavy atom. The number of aromatic amines is 1. The molecule has 0 saturated heterocycles. The monoisotopic (exact) mass is 220 g/mol. The highest BCUT2D eigenvalue weighted by Gasteiger charge is 2.05. The number of nitrogens with zero attached hydrogens (tertiary/aromatic N) is 4. The SMILES string of the molecule is Cc1[nH]ncc1CNC(=O)Cn1cncn1. The van der Waals surface area contributed by atoms with E-state index in [4.69, 9.17) is 0 Å². The smallest absolute Gasteiger partial charge is 0.242 e. The Hall–Kier alpha value is -2.18. The molecule has 84 valence electrons. The van der Waals surface area contributed by atoms with E-state index in [1.165, 1.54) is 17.3 Å². The summed E-state index contributed by atoms with van der Waals surface area (Å²) in [5, 5.41) is 13.3. The van der Waals surface area contributed by atoms with Gasteiger partial charge in [-0.15, -0.1) is 0 Å². The molecule has 7 nitrogen and oxygen atoms in total. The quantitative estimate of drug-likeness (QED) is 0.735. The minimum Gasteiger partial charge on any atom is -0.350 e. The van der Waals surface area contributed by atoms with E-state index in [-0.39, 0.29) is 12.5 Å². The van der Waals surface area contributed by atoms with Crippen LogP contribution >= 0.6 is 0 Å². The molecular weight excluding hydrogens is 208 g/mol. The van der Waals surface area contributed by atoms with E-state index in [0.717, 1.165) is 11.3 Å². The van der Waals surface area contributed by atoms with Gasteiger partial charge in [0.15, 0.2) is 0 Å². The standard InChI is InChI=1S/C9H12N6O/c1-7-8(3-12-14-7)2-11-9(16)4-15-6-10-5-13-15/h3,5-6H,2,4H2,1H3,(H,11,16)(H,12,14). The molecule has 0 aliphatic carbocycles. The Balaban J connectivity index is 1.82. The van der Waals surface area contributed by atoms with Gasteiger partial charge in [-0.3, -0.25) is 9.89 Å². The van der Waals surface area contributed by atoms with Gasteiger partial charge in [0, 0.05) is 17.8 Å². The highest BCUT2D eigenvalue weighted by atomic mass is 16.2. The fraction of sp³-hybridized carbons (Fsp3) is 0.333. The highest BCUT2D eigenvalue weighted by molar-refractivity contribution is 5.75. The lowest BCUT2D eigenvalue weighted by Gasteiger charge is -2.03. The zero-order chi connectivity index (χ0) is 11.4. The van der Waals surface area contributed by atoms with Crippen molar-refractivity contribution in [3.05, 3.63) is 30.1 Å². The summed E-state index contributed by atoms with van der Waals surface area (Å²) in [4.78, 5) is 15.2. The largest absolute Gasteiger partial charge is 0.350 e. The first kappa shape index (κ1) is 10.3. The molecule has 7 heteroatoms. The Bertz CT molecular complexity index is 460. The lowest BCUT2D eigenvalue weighted by molar-refractivity contribution is -0.122. The van der Waals surface area contributed by atoms with E-state index >= 15 is 0 Å². The predicted molar refractivity (Wildman–Crippen MR) is 55.2 cm³/mol. The minimum atomic E-state index is -0.105. The van der Waals surface area contributed by atoms with Gasteiger partial charge in [-0.1, -0.05) is 0 Å². The molecule has 0 atom stereocenters. The zero-order valence-electron chi connectivity index (χ0n) is 8.84. The minimum absolute atomic E-state index is 0.105. The molecule has 2 aromatic rings. The van der Waals surface area contributed by atoms with Crippen LogP contribution in [0, 0.1) is 6.92 Å². The zero-order valence-corrected chi connectivity index (χ0v) is 8.84. The Morgan fingerprint density at radius 1 is 1.62 bits per heavy atom. The first-order chi connectivity index (χ1) is 7.75.